The normalized spacial score (nSPS) is 25.5. The first kappa shape index (κ1) is 16.9. The van der Waals surface area contributed by atoms with Crippen molar-refractivity contribution >= 4 is 17.5 Å². The van der Waals surface area contributed by atoms with E-state index in [0.29, 0.717) is 5.25 Å². The number of thioether (sulfide) groups is 1. The van der Waals surface area contributed by atoms with Crippen molar-refractivity contribution in [3.8, 4) is 0 Å². The number of fused-ring (bicyclic) bond motifs is 4. The van der Waals surface area contributed by atoms with Crippen molar-refractivity contribution in [1.82, 2.24) is 0 Å². The molecule has 5 rings (SSSR count). The highest BCUT2D eigenvalue weighted by Gasteiger charge is 2.39. The van der Waals surface area contributed by atoms with Crippen LogP contribution in [0, 0.1) is 0 Å². The van der Waals surface area contributed by atoms with Crippen molar-refractivity contribution in [1.29, 1.82) is 0 Å². The summed E-state index contributed by atoms with van der Waals surface area (Å²) in [6.45, 7) is 0. The van der Waals surface area contributed by atoms with E-state index in [-0.39, 0.29) is 6.10 Å². The highest BCUT2D eigenvalue weighted by Crippen LogP contribution is 2.52. The summed E-state index contributed by atoms with van der Waals surface area (Å²) < 4.78 is 8.77. The molecule has 0 aromatic heterocycles. The Hall–Kier alpha value is -2.26. The van der Waals surface area contributed by atoms with Gasteiger partial charge in [-0.2, -0.15) is 0 Å². The third kappa shape index (κ3) is 3.04. The largest absolute Gasteiger partial charge is 0.484 e. The predicted octanol–water partition coefficient (Wildman–Crippen LogP) is 5.36. The van der Waals surface area contributed by atoms with Crippen LogP contribution in [-0.4, -0.2) is 29.6 Å². The summed E-state index contributed by atoms with van der Waals surface area (Å²) in [5.74, 6) is 1.14. The van der Waals surface area contributed by atoms with Gasteiger partial charge >= 0.3 is 0 Å². The van der Waals surface area contributed by atoms with Gasteiger partial charge in [0.15, 0.2) is 5.71 Å². The summed E-state index contributed by atoms with van der Waals surface area (Å²) in [4.78, 5) is 1.37. The van der Waals surface area contributed by atoms with Crippen LogP contribution in [0.5, 0.6) is 0 Å². The van der Waals surface area contributed by atoms with Crippen LogP contribution in [0.15, 0.2) is 88.1 Å². The minimum Gasteiger partial charge on any atom is -0.484 e. The molecule has 136 valence electrons. The van der Waals surface area contributed by atoms with Crippen LogP contribution in [0.4, 0.5) is 0 Å². The number of rotatable bonds is 1. The van der Waals surface area contributed by atoms with Crippen LogP contribution in [0.3, 0.4) is 0 Å². The smallest absolute Gasteiger partial charge is 0.199 e. The molecule has 0 fully saturated rings. The van der Waals surface area contributed by atoms with Crippen LogP contribution in [-0.2, 0) is 4.74 Å². The van der Waals surface area contributed by atoms with Crippen molar-refractivity contribution in [3.05, 3.63) is 88.8 Å². The number of hydrogen-bond donors (Lipinski definition) is 0. The van der Waals surface area contributed by atoms with E-state index in [1.165, 1.54) is 39.3 Å². The standard InChI is InChI=1S/C24H24NOS/c1-25(2)19-12-10-16(11-13-19)14-17-6-5-7-18-15-22-24(26-23(17)18)20-8-3-4-9-21(20)27-22/h3-4,8-15,22,24H,5-7H2,1-2H3/q+1. The third-order valence-corrected chi connectivity index (χ3v) is 6.90. The number of ether oxygens (including phenoxy) is 1. The SMILES string of the molecule is C[N+](C)=C1C=CC(=CC2=C3OC4c5ccccc5SC4C=C3CCC2)C=C1. The first-order valence-electron chi connectivity index (χ1n) is 9.67. The van der Waals surface area contributed by atoms with E-state index in [0.717, 1.165) is 18.6 Å². The van der Waals surface area contributed by atoms with Gasteiger partial charge in [-0.05, 0) is 60.3 Å². The molecular formula is C24H24NOS+. The molecule has 2 heterocycles. The summed E-state index contributed by atoms with van der Waals surface area (Å²) in [6, 6.07) is 8.69. The zero-order valence-corrected chi connectivity index (χ0v) is 16.6. The zero-order chi connectivity index (χ0) is 18.4. The van der Waals surface area contributed by atoms with Gasteiger partial charge in [0, 0.05) is 22.6 Å². The van der Waals surface area contributed by atoms with Gasteiger partial charge in [0.2, 0.25) is 0 Å². The topological polar surface area (TPSA) is 12.2 Å². The highest BCUT2D eigenvalue weighted by atomic mass is 32.2. The molecule has 0 saturated carbocycles. The average molecular weight is 375 g/mol. The maximum Gasteiger partial charge on any atom is 0.199 e. The first-order valence-corrected chi connectivity index (χ1v) is 10.6. The van der Waals surface area contributed by atoms with Gasteiger partial charge in [-0.25, -0.2) is 4.58 Å². The second-order valence-corrected chi connectivity index (χ2v) is 8.91. The Bertz CT molecular complexity index is 967. The van der Waals surface area contributed by atoms with Crippen LogP contribution < -0.4 is 0 Å². The fourth-order valence-electron chi connectivity index (χ4n) is 4.21. The van der Waals surface area contributed by atoms with Crippen molar-refractivity contribution in [2.75, 3.05) is 14.1 Å². The summed E-state index contributed by atoms with van der Waals surface area (Å²) in [6.07, 6.45) is 17.1. The number of nitrogens with zero attached hydrogens (tertiary/aromatic N) is 1. The maximum absolute atomic E-state index is 6.64. The lowest BCUT2D eigenvalue weighted by molar-refractivity contribution is -0.462. The molecule has 3 heteroatoms. The molecule has 1 aromatic carbocycles. The van der Waals surface area contributed by atoms with Gasteiger partial charge in [0.25, 0.3) is 0 Å². The fraction of sp³-hybridized carbons (Fsp3) is 0.292. The van der Waals surface area contributed by atoms with Gasteiger partial charge in [-0.15, -0.1) is 11.8 Å². The van der Waals surface area contributed by atoms with E-state index in [1.54, 1.807) is 0 Å². The molecule has 0 bridgehead atoms. The van der Waals surface area contributed by atoms with E-state index < -0.39 is 0 Å². The molecule has 0 N–H and O–H groups in total. The molecule has 2 aliphatic heterocycles. The molecule has 2 unspecified atom stereocenters. The second-order valence-electron chi connectivity index (χ2n) is 7.69. The van der Waals surface area contributed by atoms with Crippen molar-refractivity contribution in [3.63, 3.8) is 0 Å². The van der Waals surface area contributed by atoms with Gasteiger partial charge in [-0.1, -0.05) is 24.3 Å². The van der Waals surface area contributed by atoms with Gasteiger partial charge in [0.1, 0.15) is 26.0 Å². The minimum atomic E-state index is 0.155. The molecule has 27 heavy (non-hydrogen) atoms. The van der Waals surface area contributed by atoms with Crippen molar-refractivity contribution < 1.29 is 9.31 Å². The molecular weight excluding hydrogens is 350 g/mol. The molecule has 1 aromatic rings. The quantitative estimate of drug-likeness (QED) is 0.613. The summed E-state index contributed by atoms with van der Waals surface area (Å²) >= 11 is 1.95. The third-order valence-electron chi connectivity index (χ3n) is 5.62. The Morgan fingerprint density at radius 2 is 1.89 bits per heavy atom. The molecule has 2 nitrogen and oxygen atoms in total. The molecule has 2 atom stereocenters. The molecule has 0 amide bonds. The van der Waals surface area contributed by atoms with E-state index in [1.807, 2.05) is 11.8 Å². The lowest BCUT2D eigenvalue weighted by atomic mass is 9.88. The van der Waals surface area contributed by atoms with Crippen LogP contribution in [0.1, 0.15) is 30.9 Å². The lowest BCUT2D eigenvalue weighted by Gasteiger charge is -2.32. The van der Waals surface area contributed by atoms with Crippen molar-refractivity contribution in [2.24, 2.45) is 0 Å². The predicted molar refractivity (Wildman–Crippen MR) is 112 cm³/mol. The number of hydrogen-bond acceptors (Lipinski definition) is 2. The Morgan fingerprint density at radius 1 is 1.07 bits per heavy atom. The summed E-state index contributed by atoms with van der Waals surface area (Å²) in [7, 11) is 4.15. The van der Waals surface area contributed by atoms with E-state index in [2.05, 4.69) is 79.4 Å². The monoisotopic (exact) mass is 374 g/mol. The van der Waals surface area contributed by atoms with Gasteiger partial charge in [-0.3, -0.25) is 0 Å². The maximum atomic E-state index is 6.64. The number of benzene rings is 1. The zero-order valence-electron chi connectivity index (χ0n) is 15.8. The fourth-order valence-corrected chi connectivity index (χ4v) is 5.53. The highest BCUT2D eigenvalue weighted by molar-refractivity contribution is 8.00. The van der Waals surface area contributed by atoms with Crippen LogP contribution in [0.2, 0.25) is 0 Å². The summed E-state index contributed by atoms with van der Waals surface area (Å²) in [5, 5.41) is 0.417. The Morgan fingerprint density at radius 3 is 2.70 bits per heavy atom. The Balaban J connectivity index is 1.50. The van der Waals surface area contributed by atoms with E-state index >= 15 is 0 Å². The Labute approximate surface area is 165 Å². The van der Waals surface area contributed by atoms with E-state index in [9.17, 15) is 0 Å². The molecule has 0 radical (unpaired) electrons. The van der Waals surface area contributed by atoms with Crippen LogP contribution in [0.25, 0.3) is 0 Å². The van der Waals surface area contributed by atoms with Gasteiger partial charge in [0.05, 0.1) is 5.25 Å². The molecule has 2 aliphatic carbocycles. The summed E-state index contributed by atoms with van der Waals surface area (Å²) in [5.41, 5.74) is 6.56. The van der Waals surface area contributed by atoms with Crippen LogP contribution >= 0.6 is 11.8 Å². The molecule has 0 saturated heterocycles. The Kier molecular flexibility index (Phi) is 4.20. The second kappa shape index (κ2) is 6.72. The minimum absolute atomic E-state index is 0.155. The number of allylic oxidation sites excluding steroid dienone is 8. The average Bonchev–Trinajstić information content (AvgIpc) is 3.04. The van der Waals surface area contributed by atoms with Crippen molar-refractivity contribution in [2.45, 2.75) is 35.5 Å². The lowest BCUT2D eigenvalue weighted by Crippen LogP contribution is -2.21. The first-order chi connectivity index (χ1) is 13.2. The van der Waals surface area contributed by atoms with E-state index in [4.69, 9.17) is 4.74 Å². The molecule has 4 aliphatic rings. The molecule has 0 spiro atoms. The van der Waals surface area contributed by atoms with Gasteiger partial charge < -0.3 is 4.74 Å².